The Morgan fingerprint density at radius 3 is 2.71 bits per heavy atom. The molecule has 0 aliphatic rings. The first-order valence-corrected chi connectivity index (χ1v) is 6.50. The number of nitrogens with zero attached hydrogens (tertiary/aromatic N) is 3. The molecule has 1 atom stereocenters. The van der Waals surface area contributed by atoms with Crippen LogP contribution in [0, 0.1) is 17.0 Å². The van der Waals surface area contributed by atoms with Crippen molar-refractivity contribution in [1.29, 1.82) is 0 Å². The highest BCUT2D eigenvalue weighted by atomic mass is 35.5. The van der Waals surface area contributed by atoms with Crippen LogP contribution >= 0.6 is 11.6 Å². The molecule has 0 amide bonds. The van der Waals surface area contributed by atoms with Crippen LogP contribution in [0.3, 0.4) is 0 Å². The van der Waals surface area contributed by atoms with E-state index in [0.717, 1.165) is 10.8 Å². The monoisotopic (exact) mass is 283 g/mol. The predicted octanol–water partition coefficient (Wildman–Crippen LogP) is 0.595. The summed E-state index contributed by atoms with van der Waals surface area (Å²) in [5.74, 6) is -0.440. The van der Waals surface area contributed by atoms with Crippen LogP contribution in [0.1, 0.15) is 5.82 Å². The van der Waals surface area contributed by atoms with E-state index >= 15 is 0 Å². The molecule has 1 unspecified atom stereocenters. The third-order valence-corrected chi connectivity index (χ3v) is 3.91. The first-order chi connectivity index (χ1) is 7.77. The van der Waals surface area contributed by atoms with Crippen LogP contribution in [-0.4, -0.2) is 38.6 Å². The van der Waals surface area contributed by atoms with E-state index in [1.165, 1.54) is 6.92 Å². The van der Waals surface area contributed by atoms with Crippen LogP contribution in [-0.2, 0) is 16.7 Å². The van der Waals surface area contributed by atoms with Gasteiger partial charge in [0.25, 0.3) is 10.1 Å². The zero-order valence-electron chi connectivity index (χ0n) is 8.78. The summed E-state index contributed by atoms with van der Waals surface area (Å²) in [6.07, 6.45) is 1.02. The van der Waals surface area contributed by atoms with Crippen molar-refractivity contribution >= 4 is 27.5 Å². The van der Waals surface area contributed by atoms with Gasteiger partial charge in [-0.15, -0.1) is 11.6 Å². The number of alkyl halides is 1. The molecular formula is C7H10ClN3O5S. The number of imidazole rings is 1. The molecule has 10 heteroatoms. The minimum absolute atomic E-state index is 0.274. The van der Waals surface area contributed by atoms with Gasteiger partial charge >= 0.3 is 5.82 Å². The molecule has 17 heavy (non-hydrogen) atoms. The molecule has 96 valence electrons. The fraction of sp³-hybridized carbons (Fsp3) is 0.571. The van der Waals surface area contributed by atoms with E-state index in [2.05, 4.69) is 4.98 Å². The molecule has 8 nitrogen and oxygen atoms in total. The molecule has 1 heterocycles. The number of halogens is 1. The quantitative estimate of drug-likeness (QED) is 0.366. The molecule has 0 aliphatic carbocycles. The molecule has 0 bridgehead atoms. The van der Waals surface area contributed by atoms with Gasteiger partial charge in [0.05, 0.1) is 0 Å². The second-order valence-electron chi connectivity index (χ2n) is 3.32. The van der Waals surface area contributed by atoms with Gasteiger partial charge in [0.2, 0.25) is 0 Å². The van der Waals surface area contributed by atoms with E-state index in [-0.39, 0.29) is 24.1 Å². The molecule has 1 rings (SSSR count). The van der Waals surface area contributed by atoms with Crippen molar-refractivity contribution < 1.29 is 17.9 Å². The summed E-state index contributed by atoms with van der Waals surface area (Å²) in [5, 5.41) is 9.34. The Balaban J connectivity index is 3.10. The Kier molecular flexibility index (Phi) is 4.07. The summed E-state index contributed by atoms with van der Waals surface area (Å²) in [6, 6.07) is 0. The van der Waals surface area contributed by atoms with Crippen LogP contribution in [0.4, 0.5) is 5.82 Å². The lowest BCUT2D eigenvalue weighted by molar-refractivity contribution is -0.392. The number of rotatable bonds is 5. The van der Waals surface area contributed by atoms with Gasteiger partial charge in [-0.2, -0.15) is 8.42 Å². The number of aryl methyl sites for hydroxylation is 1. The summed E-state index contributed by atoms with van der Waals surface area (Å²) in [7, 11) is -4.35. The molecule has 1 N–H and O–H groups in total. The van der Waals surface area contributed by atoms with Gasteiger partial charge in [0.1, 0.15) is 18.0 Å². The number of aromatic nitrogens is 2. The molecule has 0 fully saturated rings. The Hall–Kier alpha value is -1.19. The van der Waals surface area contributed by atoms with Gasteiger partial charge in [-0.1, -0.05) is 0 Å². The highest BCUT2D eigenvalue weighted by Crippen LogP contribution is 2.16. The summed E-state index contributed by atoms with van der Waals surface area (Å²) < 4.78 is 31.9. The fourth-order valence-electron chi connectivity index (χ4n) is 1.25. The topological polar surface area (TPSA) is 115 Å². The lowest BCUT2D eigenvalue weighted by Crippen LogP contribution is -2.28. The lowest BCUT2D eigenvalue weighted by atomic mass is 10.4. The minimum Gasteiger partial charge on any atom is -0.358 e. The van der Waals surface area contributed by atoms with Crippen LogP contribution in [0.5, 0.6) is 0 Å². The predicted molar refractivity (Wildman–Crippen MR) is 59.7 cm³/mol. The molecule has 0 aliphatic heterocycles. The number of hydrogen-bond acceptors (Lipinski definition) is 5. The molecule has 0 radical (unpaired) electrons. The Morgan fingerprint density at radius 2 is 2.29 bits per heavy atom. The highest BCUT2D eigenvalue weighted by Gasteiger charge is 2.28. The molecule has 0 aromatic carbocycles. The second-order valence-corrected chi connectivity index (χ2v) is 5.33. The molecule has 1 aromatic rings. The van der Waals surface area contributed by atoms with Crippen molar-refractivity contribution in [3.05, 3.63) is 22.1 Å². The van der Waals surface area contributed by atoms with E-state index < -0.39 is 20.3 Å². The fourth-order valence-corrected chi connectivity index (χ4v) is 2.33. The third-order valence-electron chi connectivity index (χ3n) is 2.20. The number of hydrogen-bond donors (Lipinski definition) is 1. The molecular weight excluding hydrogens is 274 g/mol. The van der Waals surface area contributed by atoms with E-state index in [1.54, 1.807) is 0 Å². The van der Waals surface area contributed by atoms with E-state index in [4.69, 9.17) is 16.2 Å². The molecule has 1 aromatic heterocycles. The van der Waals surface area contributed by atoms with Crippen LogP contribution in [0.15, 0.2) is 6.20 Å². The standard InChI is InChI=1S/C7H10ClN3O5S/c1-5-9-3-7(11(12)13)10(5)4-6(2-8)17(14,15)16/h3,6H,2,4H2,1H3,(H,14,15,16). The second kappa shape index (κ2) is 4.98. The first kappa shape index (κ1) is 13.9. The maximum Gasteiger partial charge on any atom is 0.342 e. The maximum atomic E-state index is 10.9. The highest BCUT2D eigenvalue weighted by molar-refractivity contribution is 7.86. The van der Waals surface area contributed by atoms with Crippen LogP contribution in [0.25, 0.3) is 0 Å². The summed E-state index contributed by atoms with van der Waals surface area (Å²) in [5.41, 5.74) is 0. The maximum absolute atomic E-state index is 10.9. The van der Waals surface area contributed by atoms with Gasteiger partial charge in [-0.3, -0.25) is 4.55 Å². The van der Waals surface area contributed by atoms with Crippen molar-refractivity contribution in [3.63, 3.8) is 0 Å². The molecule has 0 saturated carbocycles. The van der Waals surface area contributed by atoms with E-state index in [9.17, 15) is 18.5 Å². The number of nitro groups is 1. The van der Waals surface area contributed by atoms with Gasteiger partial charge in [0, 0.05) is 12.8 Å². The van der Waals surface area contributed by atoms with Crippen LogP contribution < -0.4 is 0 Å². The first-order valence-electron chi connectivity index (χ1n) is 4.46. The van der Waals surface area contributed by atoms with Crippen molar-refractivity contribution in [2.24, 2.45) is 0 Å². The SMILES string of the molecule is Cc1ncc([N+](=O)[O-])n1CC(CCl)S(=O)(=O)O. The van der Waals surface area contributed by atoms with Crippen LogP contribution in [0.2, 0.25) is 0 Å². The summed E-state index contributed by atoms with van der Waals surface area (Å²) in [4.78, 5) is 13.7. The van der Waals surface area contributed by atoms with E-state index in [1.807, 2.05) is 0 Å². The van der Waals surface area contributed by atoms with Gasteiger partial charge < -0.3 is 10.1 Å². The Bertz CT molecular complexity index is 526. The zero-order valence-corrected chi connectivity index (χ0v) is 10.3. The van der Waals surface area contributed by atoms with Crippen molar-refractivity contribution in [2.45, 2.75) is 18.7 Å². The molecule has 0 spiro atoms. The largest absolute Gasteiger partial charge is 0.358 e. The van der Waals surface area contributed by atoms with E-state index in [0.29, 0.717) is 0 Å². The average Bonchev–Trinajstić information content (AvgIpc) is 2.54. The summed E-state index contributed by atoms with van der Waals surface area (Å²) >= 11 is 5.41. The van der Waals surface area contributed by atoms with Gasteiger partial charge in [-0.05, 0) is 4.92 Å². The lowest BCUT2D eigenvalue weighted by Gasteiger charge is -2.09. The average molecular weight is 284 g/mol. The van der Waals surface area contributed by atoms with Crippen molar-refractivity contribution in [1.82, 2.24) is 9.55 Å². The van der Waals surface area contributed by atoms with Gasteiger partial charge in [-0.25, -0.2) is 9.55 Å². The Labute approximate surface area is 102 Å². The summed E-state index contributed by atoms with van der Waals surface area (Å²) in [6.45, 7) is 1.17. The minimum atomic E-state index is -4.35. The third kappa shape index (κ3) is 3.14. The Morgan fingerprint density at radius 1 is 1.71 bits per heavy atom. The van der Waals surface area contributed by atoms with Crippen molar-refractivity contribution in [2.75, 3.05) is 5.88 Å². The molecule has 0 saturated heterocycles. The van der Waals surface area contributed by atoms with Gasteiger partial charge in [0.15, 0.2) is 5.82 Å². The zero-order chi connectivity index (χ0) is 13.2. The normalized spacial score (nSPS) is 13.6. The smallest absolute Gasteiger partial charge is 0.342 e. The van der Waals surface area contributed by atoms with Crippen molar-refractivity contribution in [3.8, 4) is 0 Å².